The van der Waals surface area contributed by atoms with Gasteiger partial charge in [0.1, 0.15) is 17.5 Å². The van der Waals surface area contributed by atoms with E-state index in [-0.39, 0.29) is 23.2 Å². The lowest BCUT2D eigenvalue weighted by atomic mass is 9.63. The third-order valence-corrected chi connectivity index (χ3v) is 8.08. The lowest BCUT2D eigenvalue weighted by molar-refractivity contribution is -0.114. The van der Waals surface area contributed by atoms with Gasteiger partial charge in [0.2, 0.25) is 0 Å². The Labute approximate surface area is 219 Å². The Kier molecular flexibility index (Phi) is 6.51. The van der Waals surface area contributed by atoms with E-state index in [0.29, 0.717) is 55.5 Å². The van der Waals surface area contributed by atoms with E-state index in [1.54, 1.807) is 30.3 Å². The molecule has 2 saturated heterocycles. The van der Waals surface area contributed by atoms with Gasteiger partial charge in [0.15, 0.2) is 11.5 Å². The van der Waals surface area contributed by atoms with Crippen molar-refractivity contribution < 1.29 is 27.4 Å². The van der Waals surface area contributed by atoms with Crippen molar-refractivity contribution in [2.75, 3.05) is 32.8 Å². The molecule has 0 N–H and O–H groups in total. The maximum Gasteiger partial charge on any atom is 0.253 e. The molecule has 0 aliphatic carbocycles. The standard InChI is InChI=1S/C30H29F3N2O3/c31-23-6-2-20(3-7-23)28-30(19-35(28)18-22-4-8-24(32)17-25(22)33)10-12-34(13-11-30)29(36)21-5-9-26-27(16-21)38-15-1-14-37-26/h2-9,16-17,28H,1,10-15,18-19H2. The van der Waals surface area contributed by atoms with Crippen molar-refractivity contribution in [3.63, 3.8) is 0 Å². The van der Waals surface area contributed by atoms with Crippen molar-refractivity contribution in [1.29, 1.82) is 0 Å². The number of ether oxygens (including phenoxy) is 2. The molecule has 3 aromatic rings. The highest BCUT2D eigenvalue weighted by atomic mass is 19.1. The number of halogens is 3. The van der Waals surface area contributed by atoms with Crippen LogP contribution >= 0.6 is 0 Å². The number of carbonyl (C=O) groups excluding carboxylic acids is 1. The van der Waals surface area contributed by atoms with Crippen molar-refractivity contribution in [2.24, 2.45) is 5.41 Å². The van der Waals surface area contributed by atoms with Gasteiger partial charge in [-0.3, -0.25) is 9.69 Å². The Morgan fingerprint density at radius 2 is 1.58 bits per heavy atom. The Balaban J connectivity index is 1.19. The first kappa shape index (κ1) is 24.8. The van der Waals surface area contributed by atoms with Gasteiger partial charge in [-0.1, -0.05) is 18.2 Å². The van der Waals surface area contributed by atoms with Crippen molar-refractivity contribution in [2.45, 2.75) is 31.8 Å². The average Bonchev–Trinajstić information content (AvgIpc) is 3.16. The average molecular weight is 523 g/mol. The SMILES string of the molecule is O=C(c1ccc2c(c1)OCCCO2)N1CCC2(CC1)CN(Cc1ccc(F)cc1F)C2c1ccc(F)cc1. The van der Waals surface area contributed by atoms with Gasteiger partial charge in [-0.25, -0.2) is 13.2 Å². The van der Waals surface area contributed by atoms with Crippen LogP contribution < -0.4 is 9.47 Å². The molecule has 0 radical (unpaired) electrons. The van der Waals surface area contributed by atoms with E-state index in [9.17, 15) is 18.0 Å². The molecule has 0 bridgehead atoms. The summed E-state index contributed by atoms with van der Waals surface area (Å²) in [5, 5.41) is 0. The van der Waals surface area contributed by atoms with Gasteiger partial charge in [-0.15, -0.1) is 0 Å². The second-order valence-electron chi connectivity index (χ2n) is 10.5. The molecule has 1 spiro atoms. The highest BCUT2D eigenvalue weighted by Crippen LogP contribution is 2.55. The largest absolute Gasteiger partial charge is 0.490 e. The molecule has 198 valence electrons. The van der Waals surface area contributed by atoms with Gasteiger partial charge in [0, 0.05) is 61.2 Å². The third kappa shape index (κ3) is 4.62. The van der Waals surface area contributed by atoms with E-state index < -0.39 is 11.6 Å². The molecule has 38 heavy (non-hydrogen) atoms. The number of benzene rings is 3. The number of fused-ring (bicyclic) bond motifs is 1. The van der Waals surface area contributed by atoms with Gasteiger partial charge in [0.25, 0.3) is 5.91 Å². The fourth-order valence-electron chi connectivity index (χ4n) is 6.15. The normalized spacial score (nSPS) is 20.6. The first-order chi connectivity index (χ1) is 18.4. The minimum Gasteiger partial charge on any atom is -0.490 e. The van der Waals surface area contributed by atoms with Crippen LogP contribution in [0.15, 0.2) is 60.7 Å². The molecule has 1 atom stereocenters. The highest BCUT2D eigenvalue weighted by molar-refractivity contribution is 5.95. The summed E-state index contributed by atoms with van der Waals surface area (Å²) in [6.45, 7) is 3.37. The first-order valence-electron chi connectivity index (χ1n) is 13.0. The van der Waals surface area contributed by atoms with E-state index in [2.05, 4.69) is 4.90 Å². The van der Waals surface area contributed by atoms with Crippen LogP contribution in [0.2, 0.25) is 0 Å². The van der Waals surface area contributed by atoms with Crippen molar-refractivity contribution >= 4 is 5.91 Å². The second-order valence-corrected chi connectivity index (χ2v) is 10.5. The second kappa shape index (κ2) is 9.98. The predicted octanol–water partition coefficient (Wildman–Crippen LogP) is 5.74. The summed E-state index contributed by atoms with van der Waals surface area (Å²) in [7, 11) is 0. The Bertz CT molecular complexity index is 1340. The van der Waals surface area contributed by atoms with Crippen molar-refractivity contribution in [3.8, 4) is 11.5 Å². The zero-order valence-electron chi connectivity index (χ0n) is 21.0. The highest BCUT2D eigenvalue weighted by Gasteiger charge is 2.54. The summed E-state index contributed by atoms with van der Waals surface area (Å²) in [5.41, 5.74) is 1.84. The van der Waals surface area contributed by atoms with Crippen LogP contribution in [0.3, 0.4) is 0 Å². The smallest absolute Gasteiger partial charge is 0.253 e. The molecule has 1 amide bonds. The van der Waals surface area contributed by atoms with Gasteiger partial charge in [-0.2, -0.15) is 0 Å². The molecule has 6 rings (SSSR count). The minimum atomic E-state index is -0.605. The number of hydrogen-bond donors (Lipinski definition) is 0. The molecular weight excluding hydrogens is 493 g/mol. The maximum atomic E-state index is 14.4. The van der Waals surface area contributed by atoms with Gasteiger partial charge < -0.3 is 14.4 Å². The zero-order valence-corrected chi connectivity index (χ0v) is 21.0. The van der Waals surface area contributed by atoms with Crippen LogP contribution in [0.4, 0.5) is 13.2 Å². The Morgan fingerprint density at radius 3 is 2.32 bits per heavy atom. The van der Waals surface area contributed by atoms with Crippen LogP contribution in [0.1, 0.15) is 46.8 Å². The van der Waals surface area contributed by atoms with Gasteiger partial charge in [0.05, 0.1) is 13.2 Å². The van der Waals surface area contributed by atoms with E-state index in [0.717, 1.165) is 37.4 Å². The van der Waals surface area contributed by atoms with Crippen LogP contribution in [0, 0.1) is 22.9 Å². The van der Waals surface area contributed by atoms with Gasteiger partial charge >= 0.3 is 0 Å². The predicted molar refractivity (Wildman–Crippen MR) is 136 cm³/mol. The molecule has 1 unspecified atom stereocenters. The Hall–Kier alpha value is -3.52. The van der Waals surface area contributed by atoms with Crippen LogP contribution in [-0.2, 0) is 6.54 Å². The lowest BCUT2D eigenvalue weighted by Gasteiger charge is -2.61. The zero-order chi connectivity index (χ0) is 26.3. The summed E-state index contributed by atoms with van der Waals surface area (Å²) < 4.78 is 53.0. The summed E-state index contributed by atoms with van der Waals surface area (Å²) in [6, 6.07) is 15.4. The van der Waals surface area contributed by atoms with E-state index in [4.69, 9.17) is 9.47 Å². The summed E-state index contributed by atoms with van der Waals surface area (Å²) in [5.74, 6) is -0.273. The monoisotopic (exact) mass is 522 g/mol. The molecular formula is C30H29F3N2O3. The number of nitrogens with zero attached hydrogens (tertiary/aromatic N) is 2. The summed E-state index contributed by atoms with van der Waals surface area (Å²) in [6.07, 6.45) is 2.34. The molecule has 0 aromatic heterocycles. The van der Waals surface area contributed by atoms with Crippen molar-refractivity contribution in [1.82, 2.24) is 9.80 Å². The maximum absolute atomic E-state index is 14.4. The van der Waals surface area contributed by atoms with E-state index in [1.807, 2.05) is 4.90 Å². The summed E-state index contributed by atoms with van der Waals surface area (Å²) in [4.78, 5) is 17.4. The molecule has 2 fully saturated rings. The molecule has 3 aliphatic heterocycles. The number of amides is 1. The van der Waals surface area contributed by atoms with E-state index in [1.165, 1.54) is 24.3 Å². The van der Waals surface area contributed by atoms with E-state index >= 15 is 0 Å². The number of hydrogen-bond acceptors (Lipinski definition) is 4. The third-order valence-electron chi connectivity index (χ3n) is 8.08. The van der Waals surface area contributed by atoms with Crippen molar-refractivity contribution in [3.05, 3.63) is 94.8 Å². The molecule has 0 saturated carbocycles. The Morgan fingerprint density at radius 1 is 0.868 bits per heavy atom. The topological polar surface area (TPSA) is 42.0 Å². The minimum absolute atomic E-state index is 0.0432. The molecule has 3 heterocycles. The number of piperidine rings is 1. The fourth-order valence-corrected chi connectivity index (χ4v) is 6.15. The number of likely N-dealkylation sites (tertiary alicyclic amines) is 2. The first-order valence-corrected chi connectivity index (χ1v) is 13.0. The molecule has 5 nitrogen and oxygen atoms in total. The fraction of sp³-hybridized carbons (Fsp3) is 0.367. The molecule has 3 aromatic carbocycles. The quantitative estimate of drug-likeness (QED) is 0.438. The van der Waals surface area contributed by atoms with Crippen LogP contribution in [0.5, 0.6) is 11.5 Å². The van der Waals surface area contributed by atoms with Gasteiger partial charge in [-0.05, 0) is 54.8 Å². The molecule has 8 heteroatoms. The number of rotatable bonds is 4. The lowest BCUT2D eigenvalue weighted by Crippen LogP contribution is -2.62. The summed E-state index contributed by atoms with van der Waals surface area (Å²) >= 11 is 0. The molecule has 3 aliphatic rings. The van der Waals surface area contributed by atoms with Crippen LogP contribution in [-0.4, -0.2) is 48.6 Å². The van der Waals surface area contributed by atoms with Crippen LogP contribution in [0.25, 0.3) is 0 Å². The number of carbonyl (C=O) groups is 1.